The summed E-state index contributed by atoms with van der Waals surface area (Å²) < 4.78 is 26.8. The third-order valence-electron chi connectivity index (χ3n) is 3.82. The predicted molar refractivity (Wildman–Crippen MR) is 79.3 cm³/mol. The zero-order chi connectivity index (χ0) is 15.8. The molecule has 0 spiro atoms. The van der Waals surface area contributed by atoms with Crippen LogP contribution in [-0.2, 0) is 10.0 Å². The van der Waals surface area contributed by atoms with E-state index < -0.39 is 14.9 Å². The molecule has 0 amide bonds. The van der Waals surface area contributed by atoms with Crippen LogP contribution in [-0.4, -0.2) is 30.2 Å². The lowest BCUT2D eigenvalue weighted by atomic mass is 10.0. The Balaban J connectivity index is 2.45. The summed E-state index contributed by atoms with van der Waals surface area (Å²) in [7, 11) is -3.73. The van der Waals surface area contributed by atoms with Gasteiger partial charge >= 0.3 is 0 Å². The second-order valence-electron chi connectivity index (χ2n) is 5.55. The van der Waals surface area contributed by atoms with Gasteiger partial charge in [0.15, 0.2) is 0 Å². The molecule has 0 bridgehead atoms. The number of nitrogens with zero attached hydrogens (tertiary/aromatic N) is 2. The van der Waals surface area contributed by atoms with Crippen molar-refractivity contribution in [2.24, 2.45) is 5.92 Å². The van der Waals surface area contributed by atoms with E-state index in [0.717, 1.165) is 18.9 Å². The summed E-state index contributed by atoms with van der Waals surface area (Å²) in [4.78, 5) is 10.2. The first-order chi connectivity index (χ1) is 9.75. The van der Waals surface area contributed by atoms with E-state index in [4.69, 9.17) is 5.73 Å². The molecular formula is C13H19N3O4S. The lowest BCUT2D eigenvalue weighted by Crippen LogP contribution is -2.38. The largest absolute Gasteiger partial charge is 0.393 e. The van der Waals surface area contributed by atoms with Crippen LogP contribution < -0.4 is 5.73 Å². The van der Waals surface area contributed by atoms with Crippen LogP contribution in [0.2, 0.25) is 0 Å². The van der Waals surface area contributed by atoms with E-state index >= 15 is 0 Å². The minimum absolute atomic E-state index is 0.0409. The number of nitro groups is 1. The van der Waals surface area contributed by atoms with E-state index in [1.54, 1.807) is 0 Å². The first kappa shape index (κ1) is 15.7. The van der Waals surface area contributed by atoms with Crippen molar-refractivity contribution in [2.45, 2.75) is 37.6 Å². The van der Waals surface area contributed by atoms with Gasteiger partial charge < -0.3 is 5.73 Å². The van der Waals surface area contributed by atoms with Gasteiger partial charge in [-0.3, -0.25) is 10.1 Å². The standard InChI is InChI=1S/C13H19N3O4S/c1-9(2)12-4-3-7-15(12)21(19,20)10-5-6-11(14)13(8-10)16(17)18/h5-6,8-9,12H,3-4,7,14H2,1-2H3. The maximum absolute atomic E-state index is 12.7. The highest BCUT2D eigenvalue weighted by atomic mass is 32.2. The van der Waals surface area contributed by atoms with Gasteiger partial charge in [0.1, 0.15) is 5.69 Å². The minimum atomic E-state index is -3.73. The van der Waals surface area contributed by atoms with Crippen molar-refractivity contribution in [1.29, 1.82) is 0 Å². The molecule has 2 N–H and O–H groups in total. The average Bonchev–Trinajstić information content (AvgIpc) is 2.88. The van der Waals surface area contributed by atoms with Crippen LogP contribution in [0.25, 0.3) is 0 Å². The van der Waals surface area contributed by atoms with E-state index in [1.807, 2.05) is 13.8 Å². The zero-order valence-corrected chi connectivity index (χ0v) is 12.8. The predicted octanol–water partition coefficient (Wildman–Crippen LogP) is 1.99. The topological polar surface area (TPSA) is 107 Å². The molecule has 0 radical (unpaired) electrons. The molecule has 1 unspecified atom stereocenters. The van der Waals surface area contributed by atoms with Crippen LogP contribution in [0.15, 0.2) is 23.1 Å². The molecule has 0 aromatic heterocycles. The number of nitrogen functional groups attached to an aromatic ring is 1. The summed E-state index contributed by atoms with van der Waals surface area (Å²) in [5.41, 5.74) is 5.09. The Kier molecular flexibility index (Phi) is 4.20. The first-order valence-corrected chi connectivity index (χ1v) is 8.25. The number of benzene rings is 1. The zero-order valence-electron chi connectivity index (χ0n) is 12.0. The Hall–Kier alpha value is -1.67. The van der Waals surface area contributed by atoms with E-state index in [1.165, 1.54) is 16.4 Å². The van der Waals surface area contributed by atoms with Gasteiger partial charge in [-0.1, -0.05) is 13.8 Å². The van der Waals surface area contributed by atoms with Crippen LogP contribution in [0.1, 0.15) is 26.7 Å². The van der Waals surface area contributed by atoms with Gasteiger partial charge in [0.05, 0.1) is 9.82 Å². The van der Waals surface area contributed by atoms with Crippen LogP contribution in [0, 0.1) is 16.0 Å². The normalized spacial score (nSPS) is 20.0. The Bertz CT molecular complexity index is 657. The fourth-order valence-corrected chi connectivity index (χ4v) is 4.55. The molecule has 8 heteroatoms. The summed E-state index contributed by atoms with van der Waals surface area (Å²) in [6.45, 7) is 4.40. The fraction of sp³-hybridized carbons (Fsp3) is 0.538. The molecule has 0 aliphatic carbocycles. The molecule has 1 aromatic rings. The van der Waals surface area contributed by atoms with Gasteiger partial charge in [-0.25, -0.2) is 8.42 Å². The van der Waals surface area contributed by atoms with Crippen molar-refractivity contribution in [2.75, 3.05) is 12.3 Å². The van der Waals surface area contributed by atoms with Crippen molar-refractivity contribution in [3.05, 3.63) is 28.3 Å². The number of rotatable bonds is 4. The van der Waals surface area contributed by atoms with E-state index in [2.05, 4.69) is 0 Å². The van der Waals surface area contributed by atoms with Gasteiger partial charge in [-0.2, -0.15) is 4.31 Å². The summed E-state index contributed by atoms with van der Waals surface area (Å²) >= 11 is 0. The Morgan fingerprint density at radius 2 is 2.10 bits per heavy atom. The number of hydrogen-bond donors (Lipinski definition) is 1. The number of sulfonamides is 1. The lowest BCUT2D eigenvalue weighted by Gasteiger charge is -2.26. The fourth-order valence-electron chi connectivity index (χ4n) is 2.71. The highest BCUT2D eigenvalue weighted by Crippen LogP contribution is 2.32. The molecule has 1 aliphatic rings. The summed E-state index contributed by atoms with van der Waals surface area (Å²) in [5.74, 6) is 0.200. The number of nitro benzene ring substituents is 1. The smallest absolute Gasteiger partial charge is 0.293 e. The number of hydrogen-bond acceptors (Lipinski definition) is 5. The maximum atomic E-state index is 12.7. The highest BCUT2D eigenvalue weighted by Gasteiger charge is 2.37. The third kappa shape index (κ3) is 2.86. The highest BCUT2D eigenvalue weighted by molar-refractivity contribution is 7.89. The molecule has 1 saturated heterocycles. The summed E-state index contributed by atoms with van der Waals surface area (Å²) in [6.07, 6.45) is 1.62. The molecular weight excluding hydrogens is 294 g/mol. The number of nitrogens with two attached hydrogens (primary N) is 1. The van der Waals surface area contributed by atoms with Crippen molar-refractivity contribution in [3.8, 4) is 0 Å². The molecule has 1 fully saturated rings. The Morgan fingerprint density at radius 1 is 1.43 bits per heavy atom. The van der Waals surface area contributed by atoms with Crippen LogP contribution in [0.3, 0.4) is 0 Å². The first-order valence-electron chi connectivity index (χ1n) is 6.81. The lowest BCUT2D eigenvalue weighted by molar-refractivity contribution is -0.384. The maximum Gasteiger partial charge on any atom is 0.293 e. The number of anilines is 1. The van der Waals surface area contributed by atoms with Crippen molar-refractivity contribution in [1.82, 2.24) is 4.31 Å². The molecule has 2 rings (SSSR count). The summed E-state index contributed by atoms with van der Waals surface area (Å²) in [5, 5.41) is 10.9. The van der Waals surface area contributed by atoms with Gasteiger partial charge in [-0.05, 0) is 30.9 Å². The third-order valence-corrected chi connectivity index (χ3v) is 5.74. The molecule has 1 aliphatic heterocycles. The average molecular weight is 313 g/mol. The van der Waals surface area contributed by atoms with Gasteiger partial charge in [0, 0.05) is 18.7 Å². The molecule has 21 heavy (non-hydrogen) atoms. The molecule has 116 valence electrons. The van der Waals surface area contributed by atoms with Crippen molar-refractivity contribution in [3.63, 3.8) is 0 Å². The monoisotopic (exact) mass is 313 g/mol. The van der Waals surface area contributed by atoms with Gasteiger partial charge in [0.2, 0.25) is 10.0 Å². The Labute approximate surface area is 123 Å². The van der Waals surface area contributed by atoms with Gasteiger partial charge in [0.25, 0.3) is 5.69 Å². The molecule has 1 atom stereocenters. The van der Waals surface area contributed by atoms with Crippen LogP contribution >= 0.6 is 0 Å². The van der Waals surface area contributed by atoms with Crippen LogP contribution in [0.4, 0.5) is 11.4 Å². The van der Waals surface area contributed by atoms with Gasteiger partial charge in [-0.15, -0.1) is 0 Å². The molecule has 1 aromatic carbocycles. The van der Waals surface area contributed by atoms with E-state index in [-0.39, 0.29) is 28.2 Å². The van der Waals surface area contributed by atoms with Crippen molar-refractivity contribution >= 4 is 21.4 Å². The molecule has 7 nitrogen and oxygen atoms in total. The van der Waals surface area contributed by atoms with Crippen molar-refractivity contribution < 1.29 is 13.3 Å². The molecule has 1 heterocycles. The summed E-state index contributed by atoms with van der Waals surface area (Å²) in [6, 6.07) is 3.57. The van der Waals surface area contributed by atoms with Crippen LogP contribution in [0.5, 0.6) is 0 Å². The van der Waals surface area contributed by atoms with E-state index in [0.29, 0.717) is 6.54 Å². The second-order valence-corrected chi connectivity index (χ2v) is 7.44. The quantitative estimate of drug-likeness (QED) is 0.519. The SMILES string of the molecule is CC(C)C1CCCN1S(=O)(=O)c1ccc(N)c([N+](=O)[O-])c1. The second kappa shape index (κ2) is 5.61. The Morgan fingerprint density at radius 3 is 2.67 bits per heavy atom. The minimum Gasteiger partial charge on any atom is -0.393 e. The molecule has 0 saturated carbocycles. The van der Waals surface area contributed by atoms with E-state index in [9.17, 15) is 18.5 Å².